The minimum atomic E-state index is 0.706. The lowest BCUT2D eigenvalue weighted by Gasteiger charge is -2.04. The van der Waals surface area contributed by atoms with Crippen molar-refractivity contribution < 1.29 is 4.74 Å². The molecule has 1 N–H and O–H groups in total. The molecule has 2 aromatic heterocycles. The van der Waals surface area contributed by atoms with Crippen molar-refractivity contribution in [2.24, 2.45) is 0 Å². The first kappa shape index (κ1) is 11.2. The van der Waals surface area contributed by atoms with E-state index in [1.165, 1.54) is 0 Å². The van der Waals surface area contributed by atoms with Crippen molar-refractivity contribution in [3.8, 4) is 5.88 Å². The van der Waals surface area contributed by atoms with Crippen molar-refractivity contribution in [1.82, 2.24) is 14.7 Å². The molecule has 0 saturated carbocycles. The van der Waals surface area contributed by atoms with Crippen LogP contribution in [0.1, 0.15) is 12.1 Å². The van der Waals surface area contributed by atoms with Crippen LogP contribution in [0.2, 0.25) is 0 Å². The molecule has 0 aliphatic heterocycles. The fraction of sp³-hybridized carbons (Fsp3) is 0.364. The van der Waals surface area contributed by atoms with Gasteiger partial charge in [0.05, 0.1) is 7.11 Å². The molecule has 0 aromatic carbocycles. The highest BCUT2D eigenvalue weighted by Crippen LogP contribution is 2.22. The normalized spacial score (nSPS) is 10.8. The monoisotopic (exact) mass is 237 g/mol. The maximum absolute atomic E-state index is 5.26. The van der Waals surface area contributed by atoms with Gasteiger partial charge in [-0.05, 0) is 13.0 Å². The third kappa shape index (κ3) is 2.10. The van der Waals surface area contributed by atoms with Crippen LogP contribution in [0.25, 0.3) is 4.96 Å². The lowest BCUT2D eigenvalue weighted by Crippen LogP contribution is -2.15. The number of fused-ring (bicyclic) bond motifs is 1. The Hall–Kier alpha value is -1.33. The highest BCUT2D eigenvalue weighted by Gasteiger charge is 2.12. The number of nitrogens with zero attached hydrogens (tertiary/aromatic N) is 2. The Kier molecular flexibility index (Phi) is 3.58. The second kappa shape index (κ2) is 5.14. The Bertz CT molecular complexity index is 474. The summed E-state index contributed by atoms with van der Waals surface area (Å²) in [4.78, 5) is 5.36. The Morgan fingerprint density at radius 1 is 1.69 bits per heavy atom. The van der Waals surface area contributed by atoms with Crippen LogP contribution in [0, 0.1) is 0 Å². The number of ether oxygens (including phenoxy) is 1. The van der Waals surface area contributed by atoms with Gasteiger partial charge in [-0.25, -0.2) is 0 Å². The number of thiazole rings is 1. The number of rotatable bonds is 6. The molecule has 0 spiro atoms. The molecule has 0 unspecified atom stereocenters. The van der Waals surface area contributed by atoms with Gasteiger partial charge >= 0.3 is 0 Å². The van der Waals surface area contributed by atoms with E-state index in [1.807, 2.05) is 17.7 Å². The van der Waals surface area contributed by atoms with Gasteiger partial charge in [0.2, 0.25) is 5.88 Å². The largest absolute Gasteiger partial charge is 0.480 e. The second-order valence-electron chi connectivity index (χ2n) is 3.38. The van der Waals surface area contributed by atoms with Gasteiger partial charge < -0.3 is 10.1 Å². The molecule has 0 aliphatic rings. The third-order valence-electron chi connectivity index (χ3n) is 2.34. The Morgan fingerprint density at radius 2 is 2.56 bits per heavy atom. The minimum absolute atomic E-state index is 0.706. The summed E-state index contributed by atoms with van der Waals surface area (Å²) in [6, 6.07) is 0. The van der Waals surface area contributed by atoms with Crippen molar-refractivity contribution in [3.05, 3.63) is 29.9 Å². The molecule has 2 aromatic rings. The number of aromatic nitrogens is 2. The molecule has 2 rings (SSSR count). The summed E-state index contributed by atoms with van der Waals surface area (Å²) < 4.78 is 7.32. The molecular weight excluding hydrogens is 222 g/mol. The van der Waals surface area contributed by atoms with Gasteiger partial charge in [0.15, 0.2) is 4.96 Å². The standard InChI is InChI=1S/C11H15N3OS/c1-3-4-5-12-8-9-10(15-2)13-11-14(9)6-7-16-11/h3,6-7,12H,1,4-5,8H2,2H3. The molecule has 86 valence electrons. The van der Waals surface area contributed by atoms with Crippen LogP contribution in [0.5, 0.6) is 5.88 Å². The van der Waals surface area contributed by atoms with Crippen LogP contribution < -0.4 is 10.1 Å². The van der Waals surface area contributed by atoms with Gasteiger partial charge in [-0.1, -0.05) is 6.08 Å². The summed E-state index contributed by atoms with van der Waals surface area (Å²) in [6.07, 6.45) is 4.88. The molecule has 0 aliphatic carbocycles. The first-order valence-corrected chi connectivity index (χ1v) is 6.04. The van der Waals surface area contributed by atoms with Gasteiger partial charge in [-0.15, -0.1) is 17.9 Å². The predicted molar refractivity (Wildman–Crippen MR) is 66.1 cm³/mol. The molecule has 5 heteroatoms. The summed E-state index contributed by atoms with van der Waals surface area (Å²) in [6.45, 7) is 5.37. The zero-order valence-corrected chi connectivity index (χ0v) is 10.1. The van der Waals surface area contributed by atoms with Crippen LogP contribution in [-0.2, 0) is 6.54 Å². The van der Waals surface area contributed by atoms with E-state index >= 15 is 0 Å². The second-order valence-corrected chi connectivity index (χ2v) is 4.25. The SMILES string of the molecule is C=CCCNCc1c(OC)nc2sccn12. The predicted octanol–water partition coefficient (Wildman–Crippen LogP) is 2.07. The number of hydrogen-bond donors (Lipinski definition) is 1. The van der Waals surface area contributed by atoms with Crippen molar-refractivity contribution in [2.45, 2.75) is 13.0 Å². The molecule has 16 heavy (non-hydrogen) atoms. The van der Waals surface area contributed by atoms with E-state index in [-0.39, 0.29) is 0 Å². The fourth-order valence-electron chi connectivity index (χ4n) is 1.55. The van der Waals surface area contributed by atoms with Crippen LogP contribution in [0.3, 0.4) is 0 Å². The molecule has 0 amide bonds. The zero-order chi connectivity index (χ0) is 11.4. The maximum Gasteiger partial charge on any atom is 0.237 e. The van der Waals surface area contributed by atoms with Crippen LogP contribution in [-0.4, -0.2) is 23.0 Å². The molecule has 0 atom stereocenters. The maximum atomic E-state index is 5.26. The molecule has 2 heterocycles. The van der Waals surface area contributed by atoms with E-state index in [1.54, 1.807) is 18.4 Å². The van der Waals surface area contributed by atoms with E-state index in [9.17, 15) is 0 Å². The number of methoxy groups -OCH3 is 1. The Labute approximate surface area is 98.6 Å². The van der Waals surface area contributed by atoms with Gasteiger partial charge in [0.25, 0.3) is 0 Å². The first-order chi connectivity index (χ1) is 7.86. The zero-order valence-electron chi connectivity index (χ0n) is 9.27. The highest BCUT2D eigenvalue weighted by molar-refractivity contribution is 7.15. The lowest BCUT2D eigenvalue weighted by atomic mass is 10.4. The number of hydrogen-bond acceptors (Lipinski definition) is 4. The molecule has 0 fully saturated rings. The van der Waals surface area contributed by atoms with Gasteiger partial charge in [0, 0.05) is 18.1 Å². The van der Waals surface area contributed by atoms with Crippen molar-refractivity contribution in [3.63, 3.8) is 0 Å². The van der Waals surface area contributed by atoms with Crippen molar-refractivity contribution in [2.75, 3.05) is 13.7 Å². The molecule has 0 bridgehead atoms. The topological polar surface area (TPSA) is 38.6 Å². The average molecular weight is 237 g/mol. The minimum Gasteiger partial charge on any atom is -0.480 e. The fourth-order valence-corrected chi connectivity index (χ4v) is 2.27. The lowest BCUT2D eigenvalue weighted by molar-refractivity contribution is 0.393. The number of imidazole rings is 1. The smallest absolute Gasteiger partial charge is 0.237 e. The third-order valence-corrected chi connectivity index (χ3v) is 3.09. The van der Waals surface area contributed by atoms with Gasteiger partial charge in [-0.2, -0.15) is 4.98 Å². The summed E-state index contributed by atoms with van der Waals surface area (Å²) in [5.74, 6) is 0.706. The van der Waals surface area contributed by atoms with Crippen LogP contribution in [0.4, 0.5) is 0 Å². The Balaban J connectivity index is 2.13. The quantitative estimate of drug-likeness (QED) is 0.617. The molecule has 4 nitrogen and oxygen atoms in total. The summed E-state index contributed by atoms with van der Waals surface area (Å²) in [5.41, 5.74) is 1.07. The first-order valence-electron chi connectivity index (χ1n) is 5.17. The van der Waals surface area contributed by atoms with Crippen molar-refractivity contribution >= 4 is 16.3 Å². The van der Waals surface area contributed by atoms with E-state index in [0.29, 0.717) is 5.88 Å². The molecule has 0 radical (unpaired) electrons. The summed E-state index contributed by atoms with van der Waals surface area (Å²) >= 11 is 1.61. The highest BCUT2D eigenvalue weighted by atomic mass is 32.1. The van der Waals surface area contributed by atoms with Crippen molar-refractivity contribution in [1.29, 1.82) is 0 Å². The number of nitrogens with one attached hydrogen (secondary N) is 1. The summed E-state index contributed by atoms with van der Waals surface area (Å²) in [7, 11) is 1.65. The molecule has 0 saturated heterocycles. The summed E-state index contributed by atoms with van der Waals surface area (Å²) in [5, 5.41) is 5.36. The van der Waals surface area contributed by atoms with E-state index < -0.39 is 0 Å². The van der Waals surface area contributed by atoms with Gasteiger partial charge in [-0.3, -0.25) is 4.40 Å². The van der Waals surface area contributed by atoms with E-state index in [0.717, 1.165) is 30.2 Å². The molecular formula is C11H15N3OS. The Morgan fingerprint density at radius 3 is 3.31 bits per heavy atom. The van der Waals surface area contributed by atoms with Gasteiger partial charge in [0.1, 0.15) is 5.69 Å². The average Bonchev–Trinajstić information content (AvgIpc) is 2.85. The van der Waals surface area contributed by atoms with Crippen LogP contribution >= 0.6 is 11.3 Å². The van der Waals surface area contributed by atoms with E-state index in [4.69, 9.17) is 4.74 Å². The van der Waals surface area contributed by atoms with E-state index in [2.05, 4.69) is 21.3 Å². The van der Waals surface area contributed by atoms with Crippen LogP contribution in [0.15, 0.2) is 24.2 Å².